The van der Waals surface area contributed by atoms with Crippen molar-refractivity contribution < 1.29 is 42.9 Å². The number of carbonyl (C=O) groups is 3. The van der Waals surface area contributed by atoms with Crippen LogP contribution >= 0.6 is 0 Å². The molecule has 428 valence electrons. The first-order valence-electron chi connectivity index (χ1n) is 30.6. The maximum atomic E-state index is 12.9. The molecule has 0 spiro atoms. The predicted octanol–water partition coefficient (Wildman–Crippen LogP) is 18.2. The van der Waals surface area contributed by atoms with Crippen LogP contribution in [0.3, 0.4) is 0 Å². The second kappa shape index (κ2) is 55.9. The largest absolute Gasteiger partial charge is 0.477 e. The minimum absolute atomic E-state index is 0.185. The van der Waals surface area contributed by atoms with Crippen molar-refractivity contribution in [2.75, 3.05) is 47.5 Å². The van der Waals surface area contributed by atoms with Crippen molar-refractivity contribution in [2.45, 2.75) is 277 Å². The molecule has 0 aliphatic heterocycles. The van der Waals surface area contributed by atoms with Gasteiger partial charge in [0, 0.05) is 12.8 Å². The molecule has 0 aromatic carbocycles. The molecular formula is C65H116NO8+. The highest BCUT2D eigenvalue weighted by atomic mass is 16.7. The number of carboxylic acid groups (broad SMARTS) is 1. The van der Waals surface area contributed by atoms with Gasteiger partial charge in [0.05, 0.1) is 34.4 Å². The van der Waals surface area contributed by atoms with Gasteiger partial charge in [0.2, 0.25) is 0 Å². The number of hydrogen-bond donors (Lipinski definition) is 1. The van der Waals surface area contributed by atoms with E-state index in [1.807, 2.05) is 21.1 Å². The van der Waals surface area contributed by atoms with Crippen molar-refractivity contribution >= 4 is 17.9 Å². The maximum absolute atomic E-state index is 12.9. The van der Waals surface area contributed by atoms with E-state index in [-0.39, 0.29) is 38.6 Å². The summed E-state index contributed by atoms with van der Waals surface area (Å²) in [5.74, 6) is -2.01. The van der Waals surface area contributed by atoms with Crippen LogP contribution in [0.5, 0.6) is 0 Å². The number of rotatable bonds is 56. The zero-order valence-electron chi connectivity index (χ0n) is 48.7. The van der Waals surface area contributed by atoms with Crippen LogP contribution in [-0.2, 0) is 33.3 Å². The molecule has 0 fully saturated rings. The van der Waals surface area contributed by atoms with Gasteiger partial charge in [-0.1, -0.05) is 241 Å². The summed E-state index contributed by atoms with van der Waals surface area (Å²) in [5, 5.41) is 9.70. The molecule has 2 atom stereocenters. The van der Waals surface area contributed by atoms with Gasteiger partial charge in [-0.25, -0.2) is 4.79 Å². The lowest BCUT2D eigenvalue weighted by Gasteiger charge is -2.25. The number of unbranched alkanes of at least 4 members (excludes halogenated alkanes) is 29. The Balaban J connectivity index is 4.10. The number of aliphatic carboxylic acids is 1. The molecule has 2 unspecified atom stereocenters. The van der Waals surface area contributed by atoms with Crippen LogP contribution in [0, 0.1) is 0 Å². The van der Waals surface area contributed by atoms with Crippen molar-refractivity contribution in [2.24, 2.45) is 0 Å². The lowest BCUT2D eigenvalue weighted by atomic mass is 10.0. The number of likely N-dealkylation sites (N-methyl/N-ethyl adjacent to an activating group) is 1. The van der Waals surface area contributed by atoms with Gasteiger partial charge < -0.3 is 28.5 Å². The van der Waals surface area contributed by atoms with E-state index in [4.69, 9.17) is 18.9 Å². The lowest BCUT2D eigenvalue weighted by molar-refractivity contribution is -0.870. The van der Waals surface area contributed by atoms with Gasteiger partial charge in [-0.2, -0.15) is 0 Å². The Morgan fingerprint density at radius 3 is 1.15 bits per heavy atom. The third-order valence-corrected chi connectivity index (χ3v) is 13.2. The molecule has 0 rings (SSSR count). The van der Waals surface area contributed by atoms with Gasteiger partial charge in [-0.15, -0.1) is 0 Å². The van der Waals surface area contributed by atoms with Gasteiger partial charge in [-0.05, 0) is 83.5 Å². The molecule has 74 heavy (non-hydrogen) atoms. The fourth-order valence-electron chi connectivity index (χ4n) is 8.51. The second-order valence-corrected chi connectivity index (χ2v) is 21.6. The molecule has 9 heteroatoms. The number of carbonyl (C=O) groups excluding carboxylic acids is 2. The molecule has 9 nitrogen and oxygen atoms in total. The second-order valence-electron chi connectivity index (χ2n) is 21.6. The highest BCUT2D eigenvalue weighted by Crippen LogP contribution is 2.17. The van der Waals surface area contributed by atoms with E-state index in [1.54, 1.807) is 0 Å². The first-order valence-corrected chi connectivity index (χ1v) is 30.6. The monoisotopic (exact) mass is 1040 g/mol. The number of esters is 2. The van der Waals surface area contributed by atoms with Crippen molar-refractivity contribution in [3.05, 3.63) is 72.9 Å². The molecule has 0 bridgehead atoms. The smallest absolute Gasteiger partial charge is 0.361 e. The Hall–Kier alpha value is -3.27. The van der Waals surface area contributed by atoms with Crippen LogP contribution in [0.2, 0.25) is 0 Å². The number of quaternary nitrogens is 1. The van der Waals surface area contributed by atoms with Crippen molar-refractivity contribution in [1.29, 1.82) is 0 Å². The third kappa shape index (κ3) is 56.5. The Labute approximate surface area is 456 Å². The minimum atomic E-state index is -1.51. The molecule has 0 saturated carbocycles. The SMILES string of the molecule is CC/C=C\C/C=C\C/C=C\C/C=C\CCCCCCCCCCCCCCCCCCCCCCC(=O)OC(COC(=O)CCCCCCC/C=C\C/C=C\CCCCCC)COC(OCC[N+](C)(C)C)C(=O)O. The molecule has 0 aliphatic rings. The Morgan fingerprint density at radius 1 is 0.419 bits per heavy atom. The standard InChI is InChI=1S/C65H115NO8/c1-6-8-10-12-14-16-18-20-22-24-25-26-27-28-29-30-31-32-33-34-35-36-37-38-39-40-42-44-46-48-50-52-54-56-63(68)74-61(60-73-65(64(69)70)71-58-57-66(3,4)5)59-72-62(67)55-53-51-49-47-45-43-41-23-21-19-17-15-13-11-9-7-2/h8,10,14,16-17,19-20,22-23,25-26,41,61,65H,6-7,9,11-13,15,18,21,24,27-40,42-60H2,1-5H3/p+1/b10-8-,16-14-,19-17-,22-20-,26-25-,41-23-. The fourth-order valence-corrected chi connectivity index (χ4v) is 8.51. The summed E-state index contributed by atoms with van der Waals surface area (Å²) in [6.07, 6.45) is 70.0. The van der Waals surface area contributed by atoms with Gasteiger partial charge in [-0.3, -0.25) is 9.59 Å². The highest BCUT2D eigenvalue weighted by molar-refractivity contribution is 5.71. The summed E-state index contributed by atoms with van der Waals surface area (Å²) in [7, 11) is 5.97. The van der Waals surface area contributed by atoms with Crippen LogP contribution in [0.4, 0.5) is 0 Å². The van der Waals surface area contributed by atoms with E-state index in [9.17, 15) is 19.5 Å². The van der Waals surface area contributed by atoms with Crippen molar-refractivity contribution in [3.8, 4) is 0 Å². The third-order valence-electron chi connectivity index (χ3n) is 13.2. The fraction of sp³-hybridized carbons (Fsp3) is 0.769. The summed E-state index contributed by atoms with van der Waals surface area (Å²) >= 11 is 0. The molecule has 0 aromatic rings. The first-order chi connectivity index (χ1) is 36.1. The zero-order valence-corrected chi connectivity index (χ0v) is 48.7. The van der Waals surface area contributed by atoms with Crippen molar-refractivity contribution in [1.82, 2.24) is 0 Å². The molecule has 0 heterocycles. The summed E-state index contributed by atoms with van der Waals surface area (Å²) in [5.41, 5.74) is 0. The van der Waals surface area contributed by atoms with Crippen LogP contribution in [-0.4, -0.2) is 87.4 Å². The van der Waals surface area contributed by atoms with E-state index >= 15 is 0 Å². The number of nitrogens with zero attached hydrogens (tertiary/aromatic N) is 1. The van der Waals surface area contributed by atoms with E-state index in [0.717, 1.165) is 89.9 Å². The Kier molecular flexibility index (Phi) is 53.5. The first kappa shape index (κ1) is 70.7. The summed E-state index contributed by atoms with van der Waals surface area (Å²) in [4.78, 5) is 37.4. The lowest BCUT2D eigenvalue weighted by Crippen LogP contribution is -2.40. The van der Waals surface area contributed by atoms with E-state index in [2.05, 4.69) is 86.8 Å². The van der Waals surface area contributed by atoms with E-state index in [1.165, 1.54) is 148 Å². The highest BCUT2D eigenvalue weighted by Gasteiger charge is 2.25. The molecule has 0 amide bonds. The average molecular weight is 1040 g/mol. The normalized spacial score (nSPS) is 13.3. The summed E-state index contributed by atoms with van der Waals surface area (Å²) < 4.78 is 22.9. The van der Waals surface area contributed by atoms with E-state index < -0.39 is 24.3 Å². The molecular weight excluding hydrogens is 923 g/mol. The van der Waals surface area contributed by atoms with Gasteiger partial charge >= 0.3 is 17.9 Å². The molecule has 0 aliphatic carbocycles. The number of carboxylic acids is 1. The quantitative estimate of drug-likeness (QED) is 0.0211. The molecule has 0 aromatic heterocycles. The summed E-state index contributed by atoms with van der Waals surface area (Å²) in [6, 6.07) is 0. The van der Waals surface area contributed by atoms with Crippen LogP contribution < -0.4 is 0 Å². The van der Waals surface area contributed by atoms with Gasteiger partial charge in [0.25, 0.3) is 6.29 Å². The molecule has 0 radical (unpaired) electrons. The maximum Gasteiger partial charge on any atom is 0.361 e. The van der Waals surface area contributed by atoms with Crippen LogP contribution in [0.25, 0.3) is 0 Å². The van der Waals surface area contributed by atoms with Gasteiger partial charge in [0.1, 0.15) is 13.2 Å². The van der Waals surface area contributed by atoms with E-state index in [0.29, 0.717) is 11.0 Å². The van der Waals surface area contributed by atoms with Crippen molar-refractivity contribution in [3.63, 3.8) is 0 Å². The minimum Gasteiger partial charge on any atom is -0.477 e. The Morgan fingerprint density at radius 2 is 0.770 bits per heavy atom. The predicted molar refractivity (Wildman–Crippen MR) is 313 cm³/mol. The van der Waals surface area contributed by atoms with Crippen LogP contribution in [0.15, 0.2) is 72.9 Å². The number of ether oxygens (including phenoxy) is 4. The zero-order chi connectivity index (χ0) is 54.1. The van der Waals surface area contributed by atoms with Crippen LogP contribution in [0.1, 0.15) is 264 Å². The molecule has 1 N–H and O–H groups in total. The summed E-state index contributed by atoms with van der Waals surface area (Å²) in [6.45, 7) is 4.75. The number of hydrogen-bond acceptors (Lipinski definition) is 7. The average Bonchev–Trinajstić information content (AvgIpc) is 3.37. The number of allylic oxidation sites excluding steroid dienone is 12. The Bertz CT molecular complexity index is 1440. The molecule has 0 saturated heterocycles. The van der Waals surface area contributed by atoms with Gasteiger partial charge in [0.15, 0.2) is 6.10 Å². The topological polar surface area (TPSA) is 108 Å².